The minimum absolute atomic E-state index is 0.101. The van der Waals surface area contributed by atoms with Gasteiger partial charge in [0.15, 0.2) is 0 Å². The van der Waals surface area contributed by atoms with E-state index in [0.29, 0.717) is 16.9 Å². The van der Waals surface area contributed by atoms with Crippen molar-refractivity contribution in [1.82, 2.24) is 9.13 Å². The first-order valence-corrected chi connectivity index (χ1v) is 12.1. The Morgan fingerprint density at radius 1 is 0.912 bits per heavy atom. The van der Waals surface area contributed by atoms with E-state index in [1.54, 1.807) is 56.6 Å². The second-order valence-electron chi connectivity index (χ2n) is 8.27. The van der Waals surface area contributed by atoms with Gasteiger partial charge in [-0.05, 0) is 61.4 Å². The van der Waals surface area contributed by atoms with Crippen molar-refractivity contribution in [3.63, 3.8) is 0 Å². The van der Waals surface area contributed by atoms with Crippen LogP contribution in [0.1, 0.15) is 11.1 Å². The highest BCUT2D eigenvalue weighted by atomic mass is 32.2. The van der Waals surface area contributed by atoms with Crippen LogP contribution in [0.2, 0.25) is 0 Å². The monoisotopic (exact) mass is 478 g/mol. The molecule has 0 saturated heterocycles. The Bertz CT molecular complexity index is 1550. The predicted molar refractivity (Wildman–Crippen MR) is 134 cm³/mol. The SMILES string of the molecule is Cc1ccc(C)c(N(CC(=O)Nc2ccc3c(c2)n(C)c(=O)n3C)S(=O)(=O)c2ccccc2)c1. The van der Waals surface area contributed by atoms with Gasteiger partial charge >= 0.3 is 5.69 Å². The Kier molecular flexibility index (Phi) is 6.05. The van der Waals surface area contributed by atoms with Crippen molar-refractivity contribution in [3.8, 4) is 0 Å². The molecule has 0 aliphatic carbocycles. The number of benzene rings is 3. The van der Waals surface area contributed by atoms with E-state index < -0.39 is 22.5 Å². The van der Waals surface area contributed by atoms with E-state index in [0.717, 1.165) is 20.9 Å². The molecule has 0 saturated carbocycles. The number of rotatable bonds is 6. The minimum atomic E-state index is -4.00. The molecule has 0 unspecified atom stereocenters. The van der Waals surface area contributed by atoms with Gasteiger partial charge < -0.3 is 5.32 Å². The molecule has 0 atom stereocenters. The maximum Gasteiger partial charge on any atom is 0.328 e. The van der Waals surface area contributed by atoms with Gasteiger partial charge in [0.1, 0.15) is 6.54 Å². The number of carbonyl (C=O) groups is 1. The van der Waals surface area contributed by atoms with Gasteiger partial charge in [-0.25, -0.2) is 13.2 Å². The largest absolute Gasteiger partial charge is 0.328 e. The minimum Gasteiger partial charge on any atom is -0.324 e. The van der Waals surface area contributed by atoms with Crippen LogP contribution in [0.5, 0.6) is 0 Å². The van der Waals surface area contributed by atoms with Crippen LogP contribution in [0.25, 0.3) is 11.0 Å². The number of hydrogen-bond acceptors (Lipinski definition) is 4. The molecule has 0 aliphatic heterocycles. The molecule has 1 heterocycles. The molecule has 176 valence electrons. The molecule has 4 rings (SSSR count). The van der Waals surface area contributed by atoms with Gasteiger partial charge in [-0.3, -0.25) is 18.2 Å². The van der Waals surface area contributed by atoms with E-state index in [4.69, 9.17) is 0 Å². The molecule has 0 fully saturated rings. The Balaban J connectivity index is 1.70. The van der Waals surface area contributed by atoms with Crippen LogP contribution in [0.4, 0.5) is 11.4 Å². The second-order valence-corrected chi connectivity index (χ2v) is 10.1. The van der Waals surface area contributed by atoms with Crippen molar-refractivity contribution in [2.45, 2.75) is 18.7 Å². The first-order chi connectivity index (χ1) is 16.1. The molecule has 8 nitrogen and oxygen atoms in total. The van der Waals surface area contributed by atoms with Gasteiger partial charge in [0.2, 0.25) is 5.91 Å². The van der Waals surface area contributed by atoms with Crippen LogP contribution < -0.4 is 15.3 Å². The average molecular weight is 479 g/mol. The lowest BCUT2D eigenvalue weighted by Gasteiger charge is -2.26. The van der Waals surface area contributed by atoms with Crippen LogP contribution in [0, 0.1) is 13.8 Å². The highest BCUT2D eigenvalue weighted by Gasteiger charge is 2.28. The third-order valence-electron chi connectivity index (χ3n) is 5.81. The summed E-state index contributed by atoms with van der Waals surface area (Å²) in [5.74, 6) is -0.499. The lowest BCUT2D eigenvalue weighted by atomic mass is 10.1. The smallest absolute Gasteiger partial charge is 0.324 e. The number of sulfonamides is 1. The van der Waals surface area contributed by atoms with Crippen LogP contribution >= 0.6 is 0 Å². The number of nitrogens with one attached hydrogen (secondary N) is 1. The van der Waals surface area contributed by atoms with E-state index in [1.165, 1.54) is 21.3 Å². The topological polar surface area (TPSA) is 93.4 Å². The molecule has 0 aliphatic rings. The van der Waals surface area contributed by atoms with Crippen LogP contribution in [0.3, 0.4) is 0 Å². The highest BCUT2D eigenvalue weighted by molar-refractivity contribution is 7.92. The molecule has 34 heavy (non-hydrogen) atoms. The third kappa shape index (κ3) is 4.22. The lowest BCUT2D eigenvalue weighted by Crippen LogP contribution is -2.38. The van der Waals surface area contributed by atoms with Gasteiger partial charge in [-0.2, -0.15) is 0 Å². The normalized spacial score (nSPS) is 11.5. The highest BCUT2D eigenvalue weighted by Crippen LogP contribution is 2.28. The maximum absolute atomic E-state index is 13.5. The predicted octanol–water partition coefficient (Wildman–Crippen LogP) is 3.33. The zero-order valence-corrected chi connectivity index (χ0v) is 20.3. The molecule has 1 N–H and O–H groups in total. The van der Waals surface area contributed by atoms with Gasteiger partial charge in [-0.15, -0.1) is 0 Å². The summed E-state index contributed by atoms with van der Waals surface area (Å²) in [6.07, 6.45) is 0. The van der Waals surface area contributed by atoms with Crippen LogP contribution in [-0.2, 0) is 28.9 Å². The van der Waals surface area contributed by atoms with E-state index in [1.807, 2.05) is 26.0 Å². The zero-order valence-electron chi connectivity index (χ0n) is 19.4. The molecule has 1 amide bonds. The summed E-state index contributed by atoms with van der Waals surface area (Å²) >= 11 is 0. The van der Waals surface area contributed by atoms with Crippen molar-refractivity contribution in [2.75, 3.05) is 16.2 Å². The fraction of sp³-hybridized carbons (Fsp3) is 0.200. The molecule has 3 aromatic carbocycles. The van der Waals surface area contributed by atoms with E-state index in [-0.39, 0.29) is 10.6 Å². The first kappa shape index (κ1) is 23.3. The molecule has 0 bridgehead atoms. The lowest BCUT2D eigenvalue weighted by molar-refractivity contribution is -0.114. The number of aromatic nitrogens is 2. The number of anilines is 2. The molecule has 0 spiro atoms. The van der Waals surface area contributed by atoms with Crippen molar-refractivity contribution >= 4 is 38.3 Å². The number of hydrogen-bond donors (Lipinski definition) is 1. The average Bonchev–Trinajstić information content (AvgIpc) is 3.03. The maximum atomic E-state index is 13.5. The molecular weight excluding hydrogens is 452 g/mol. The van der Waals surface area contributed by atoms with Crippen LogP contribution in [-0.4, -0.2) is 30.0 Å². The number of nitrogens with zero attached hydrogens (tertiary/aromatic N) is 3. The molecule has 1 aromatic heterocycles. The summed E-state index contributed by atoms with van der Waals surface area (Å²) in [4.78, 5) is 25.4. The number of amides is 1. The van der Waals surface area contributed by atoms with Gasteiger partial charge in [0, 0.05) is 19.8 Å². The van der Waals surface area contributed by atoms with E-state index in [2.05, 4.69) is 5.32 Å². The summed E-state index contributed by atoms with van der Waals surface area (Å²) in [6, 6.07) is 18.7. The molecule has 9 heteroatoms. The fourth-order valence-corrected chi connectivity index (χ4v) is 5.42. The Hall–Kier alpha value is -3.85. The van der Waals surface area contributed by atoms with Crippen molar-refractivity contribution < 1.29 is 13.2 Å². The standard InChI is InChI=1S/C25H26N4O4S/c1-17-10-11-18(2)22(14-17)29(34(32,33)20-8-6-5-7-9-20)16-24(30)26-19-12-13-21-23(15-19)28(4)25(31)27(21)3/h5-15H,16H2,1-4H3,(H,26,30). The van der Waals surface area contributed by atoms with Crippen molar-refractivity contribution in [3.05, 3.63) is 88.3 Å². The fourth-order valence-electron chi connectivity index (χ4n) is 3.92. The van der Waals surface area contributed by atoms with E-state index in [9.17, 15) is 18.0 Å². The number of carbonyl (C=O) groups excluding carboxylic acids is 1. The Morgan fingerprint density at radius 2 is 1.59 bits per heavy atom. The zero-order chi connectivity index (χ0) is 24.6. The second kappa shape index (κ2) is 8.83. The third-order valence-corrected chi connectivity index (χ3v) is 7.58. The summed E-state index contributed by atoms with van der Waals surface area (Å²) in [5, 5.41) is 2.78. The summed E-state index contributed by atoms with van der Waals surface area (Å²) < 4.78 is 31.3. The first-order valence-electron chi connectivity index (χ1n) is 10.7. The number of fused-ring (bicyclic) bond motifs is 1. The van der Waals surface area contributed by atoms with Crippen molar-refractivity contribution in [1.29, 1.82) is 0 Å². The van der Waals surface area contributed by atoms with Gasteiger partial charge in [0.25, 0.3) is 10.0 Å². The number of imidazole rings is 1. The summed E-state index contributed by atoms with van der Waals surface area (Å²) in [7, 11) is -0.663. The molecule has 4 aromatic rings. The van der Waals surface area contributed by atoms with Crippen LogP contribution in [0.15, 0.2) is 76.4 Å². The van der Waals surface area contributed by atoms with E-state index >= 15 is 0 Å². The Labute approximate surface area is 198 Å². The quantitative estimate of drug-likeness (QED) is 0.460. The van der Waals surface area contributed by atoms with Gasteiger partial charge in [0.05, 0.1) is 21.6 Å². The number of aryl methyl sites for hydroxylation is 4. The molecular formula is C25H26N4O4S. The Morgan fingerprint density at radius 3 is 2.29 bits per heavy atom. The van der Waals surface area contributed by atoms with Gasteiger partial charge in [-0.1, -0.05) is 30.3 Å². The van der Waals surface area contributed by atoms with Crippen molar-refractivity contribution in [2.24, 2.45) is 14.1 Å². The molecule has 0 radical (unpaired) electrons. The summed E-state index contributed by atoms with van der Waals surface area (Å²) in [5.41, 5.74) is 3.75. The summed E-state index contributed by atoms with van der Waals surface area (Å²) in [6.45, 7) is 3.27.